The number of aryl methyl sites for hydroxylation is 4. The first-order chi connectivity index (χ1) is 14.5. The molecule has 2 N–H and O–H groups in total. The van der Waals surface area contributed by atoms with Crippen molar-refractivity contribution in [2.75, 3.05) is 39.3 Å². The molecule has 170 valence electrons. The van der Waals surface area contributed by atoms with Gasteiger partial charge in [-0.3, -0.25) is 0 Å². The maximum Gasteiger partial charge on any atom is 0.243 e. The van der Waals surface area contributed by atoms with E-state index in [1.54, 1.807) is 23.4 Å². The third-order valence-corrected chi connectivity index (χ3v) is 9.44. The molecule has 31 heavy (non-hydrogen) atoms. The number of benzene rings is 2. The highest BCUT2D eigenvalue weighted by atomic mass is 32.2. The lowest BCUT2D eigenvalue weighted by Gasteiger charge is -2.32. The Bertz CT molecular complexity index is 1150. The van der Waals surface area contributed by atoms with Crippen LogP contribution >= 0.6 is 0 Å². The standard InChI is InChI=1S/C22H31N3O4S2/c1-17-5-7-19(3)21(15-17)30(26,27)23-9-10-24-11-13-25(14-12-24)31(28,29)22-16-18(2)6-8-20(22)4/h5-8,15-16,23H,9-14H2,1-4H3/p+1. The first-order valence-electron chi connectivity index (χ1n) is 10.5. The molecule has 0 radical (unpaired) electrons. The highest BCUT2D eigenvalue weighted by Crippen LogP contribution is 2.21. The quantitative estimate of drug-likeness (QED) is 0.632. The average molecular weight is 467 g/mol. The molecule has 1 saturated heterocycles. The second-order valence-electron chi connectivity index (χ2n) is 8.34. The van der Waals surface area contributed by atoms with Crippen molar-refractivity contribution in [2.24, 2.45) is 0 Å². The molecule has 1 aliphatic rings. The van der Waals surface area contributed by atoms with Crippen LogP contribution < -0.4 is 9.62 Å². The van der Waals surface area contributed by atoms with Crippen molar-refractivity contribution in [3.8, 4) is 0 Å². The van der Waals surface area contributed by atoms with Gasteiger partial charge in [0, 0.05) is 0 Å². The van der Waals surface area contributed by atoms with Crippen LogP contribution in [0.25, 0.3) is 0 Å². The van der Waals surface area contributed by atoms with Gasteiger partial charge in [-0.2, -0.15) is 4.31 Å². The molecule has 0 saturated carbocycles. The summed E-state index contributed by atoms with van der Waals surface area (Å²) in [4.78, 5) is 1.88. The number of sulfonamides is 2. The monoisotopic (exact) mass is 466 g/mol. The van der Waals surface area contributed by atoms with Gasteiger partial charge in [-0.05, 0) is 62.1 Å². The zero-order valence-corrected chi connectivity index (χ0v) is 20.2. The van der Waals surface area contributed by atoms with Gasteiger partial charge in [-0.25, -0.2) is 21.6 Å². The molecule has 9 heteroatoms. The van der Waals surface area contributed by atoms with E-state index < -0.39 is 20.0 Å². The highest BCUT2D eigenvalue weighted by Gasteiger charge is 2.31. The number of nitrogens with zero attached hydrogens (tertiary/aromatic N) is 1. The second-order valence-corrected chi connectivity index (χ2v) is 12.0. The topological polar surface area (TPSA) is 88.0 Å². The summed E-state index contributed by atoms with van der Waals surface area (Å²) in [6.45, 7) is 10.4. The van der Waals surface area contributed by atoms with Gasteiger partial charge in [0.25, 0.3) is 0 Å². The molecule has 0 aromatic heterocycles. The van der Waals surface area contributed by atoms with E-state index in [1.807, 2.05) is 45.0 Å². The van der Waals surface area contributed by atoms with E-state index >= 15 is 0 Å². The average Bonchev–Trinajstić information content (AvgIpc) is 2.71. The molecule has 1 aliphatic heterocycles. The summed E-state index contributed by atoms with van der Waals surface area (Å²) in [7, 11) is -7.08. The molecule has 0 spiro atoms. The number of piperazine rings is 1. The van der Waals surface area contributed by atoms with Crippen molar-refractivity contribution in [1.82, 2.24) is 9.03 Å². The van der Waals surface area contributed by atoms with Crippen LogP contribution in [-0.2, 0) is 20.0 Å². The first kappa shape index (κ1) is 23.9. The van der Waals surface area contributed by atoms with Crippen molar-refractivity contribution in [1.29, 1.82) is 0 Å². The Morgan fingerprint density at radius 1 is 0.839 bits per heavy atom. The first-order valence-corrected chi connectivity index (χ1v) is 13.4. The summed E-state index contributed by atoms with van der Waals surface area (Å²) in [6.07, 6.45) is 0. The summed E-state index contributed by atoms with van der Waals surface area (Å²) in [5.74, 6) is 0. The fraction of sp³-hybridized carbons (Fsp3) is 0.455. The van der Waals surface area contributed by atoms with Crippen LogP contribution in [0.2, 0.25) is 0 Å². The normalized spacial score (nSPS) is 16.5. The van der Waals surface area contributed by atoms with Crippen LogP contribution in [0.5, 0.6) is 0 Å². The maximum atomic E-state index is 13.1. The van der Waals surface area contributed by atoms with Crippen molar-refractivity contribution < 1.29 is 21.7 Å². The van der Waals surface area contributed by atoms with Gasteiger partial charge in [0.1, 0.15) is 0 Å². The van der Waals surface area contributed by atoms with E-state index in [0.717, 1.165) is 22.3 Å². The smallest absolute Gasteiger partial charge is 0.243 e. The van der Waals surface area contributed by atoms with E-state index in [9.17, 15) is 16.8 Å². The summed E-state index contributed by atoms with van der Waals surface area (Å²) in [5, 5.41) is 0. The van der Waals surface area contributed by atoms with E-state index in [0.29, 0.717) is 49.1 Å². The summed E-state index contributed by atoms with van der Waals surface area (Å²) in [5.41, 5.74) is 3.29. The van der Waals surface area contributed by atoms with Gasteiger partial charge in [0.15, 0.2) is 0 Å². The molecular weight excluding hydrogens is 434 g/mol. The fourth-order valence-corrected chi connectivity index (χ4v) is 6.96. The van der Waals surface area contributed by atoms with Gasteiger partial charge in [-0.1, -0.05) is 24.3 Å². The molecule has 2 aromatic rings. The lowest BCUT2D eigenvalue weighted by atomic mass is 10.2. The maximum absolute atomic E-state index is 13.1. The number of hydrogen-bond acceptors (Lipinski definition) is 4. The Hall–Kier alpha value is -1.78. The number of quaternary nitrogens is 1. The molecular formula is C22H32N3O4S2+. The number of hydrogen-bond donors (Lipinski definition) is 2. The zero-order valence-electron chi connectivity index (χ0n) is 18.6. The van der Waals surface area contributed by atoms with Crippen LogP contribution in [0.1, 0.15) is 22.3 Å². The summed E-state index contributed by atoms with van der Waals surface area (Å²) >= 11 is 0. The highest BCUT2D eigenvalue weighted by molar-refractivity contribution is 7.89. The minimum absolute atomic E-state index is 0.312. The summed E-state index contributed by atoms with van der Waals surface area (Å²) < 4.78 is 55.6. The molecule has 0 aliphatic carbocycles. The molecule has 0 amide bonds. The molecule has 0 bridgehead atoms. The van der Waals surface area contributed by atoms with Crippen LogP contribution in [0.3, 0.4) is 0 Å². The third-order valence-electron chi connectivity index (χ3n) is 5.79. The van der Waals surface area contributed by atoms with E-state index in [4.69, 9.17) is 0 Å². The van der Waals surface area contributed by atoms with Crippen molar-refractivity contribution >= 4 is 20.0 Å². The largest absolute Gasteiger partial charge is 0.332 e. The zero-order chi connectivity index (χ0) is 22.8. The van der Waals surface area contributed by atoms with E-state index in [-0.39, 0.29) is 0 Å². The van der Waals surface area contributed by atoms with Gasteiger partial charge in [0.05, 0.1) is 49.1 Å². The minimum atomic E-state index is -3.56. The second kappa shape index (κ2) is 9.38. The van der Waals surface area contributed by atoms with Crippen LogP contribution in [0.15, 0.2) is 46.2 Å². The fourth-order valence-electron chi connectivity index (χ4n) is 3.85. The molecule has 7 nitrogen and oxygen atoms in total. The van der Waals surface area contributed by atoms with Crippen LogP contribution in [0, 0.1) is 27.7 Å². The summed E-state index contributed by atoms with van der Waals surface area (Å²) in [6, 6.07) is 10.9. The Morgan fingerprint density at radius 3 is 1.94 bits per heavy atom. The molecule has 1 heterocycles. The number of nitrogens with one attached hydrogen (secondary N) is 2. The van der Waals surface area contributed by atoms with E-state index in [2.05, 4.69) is 4.72 Å². The Labute approximate surface area is 186 Å². The van der Waals surface area contributed by atoms with Crippen LogP contribution in [0.4, 0.5) is 0 Å². The molecule has 2 aromatic carbocycles. The van der Waals surface area contributed by atoms with Crippen molar-refractivity contribution in [3.05, 3.63) is 58.7 Å². The lowest BCUT2D eigenvalue weighted by Crippen LogP contribution is -3.15. The Balaban J connectivity index is 1.56. The van der Waals surface area contributed by atoms with Crippen LogP contribution in [-0.4, -0.2) is 60.4 Å². The van der Waals surface area contributed by atoms with Gasteiger partial charge < -0.3 is 4.90 Å². The predicted octanol–water partition coefficient (Wildman–Crippen LogP) is 0.788. The minimum Gasteiger partial charge on any atom is -0.332 e. The molecule has 0 unspecified atom stereocenters. The van der Waals surface area contributed by atoms with Gasteiger partial charge in [0.2, 0.25) is 20.0 Å². The number of rotatable bonds is 7. The van der Waals surface area contributed by atoms with Gasteiger partial charge in [-0.15, -0.1) is 0 Å². The SMILES string of the molecule is Cc1ccc(C)c(S(=O)(=O)NCC[NH+]2CCN(S(=O)(=O)c3cc(C)ccc3C)CC2)c1. The Morgan fingerprint density at radius 2 is 1.35 bits per heavy atom. The lowest BCUT2D eigenvalue weighted by molar-refractivity contribution is -0.902. The molecule has 0 atom stereocenters. The van der Waals surface area contributed by atoms with Gasteiger partial charge >= 0.3 is 0 Å². The van der Waals surface area contributed by atoms with E-state index in [1.165, 1.54) is 4.90 Å². The Kier molecular flexibility index (Phi) is 7.22. The van der Waals surface area contributed by atoms with Crippen molar-refractivity contribution in [3.63, 3.8) is 0 Å². The third kappa shape index (κ3) is 5.53. The molecule has 1 fully saturated rings. The predicted molar refractivity (Wildman–Crippen MR) is 121 cm³/mol. The molecule has 3 rings (SSSR count). The van der Waals surface area contributed by atoms with Crippen molar-refractivity contribution in [2.45, 2.75) is 37.5 Å².